The monoisotopic (exact) mass is 274 g/mol. The van der Waals surface area contributed by atoms with Gasteiger partial charge in [0.1, 0.15) is 0 Å². The zero-order valence-electron chi connectivity index (χ0n) is 12.4. The van der Waals surface area contributed by atoms with E-state index >= 15 is 0 Å². The van der Waals surface area contributed by atoms with E-state index < -0.39 is 0 Å². The summed E-state index contributed by atoms with van der Waals surface area (Å²) in [5, 5.41) is 3.17. The molecule has 0 spiro atoms. The smallest absolute Gasteiger partial charge is 0.224 e. The highest BCUT2D eigenvalue weighted by Gasteiger charge is 2.20. The predicted molar refractivity (Wildman–Crippen MR) is 83.4 cm³/mol. The SMILES string of the molecule is C[C@H](NC(=O)Cc1ccc(N)cc1)C1CCCCCC1. The minimum atomic E-state index is 0.117. The van der Waals surface area contributed by atoms with E-state index in [0.29, 0.717) is 12.3 Å². The zero-order chi connectivity index (χ0) is 14.4. The summed E-state index contributed by atoms with van der Waals surface area (Å²) in [5.41, 5.74) is 7.41. The molecular weight excluding hydrogens is 248 g/mol. The number of nitrogens with one attached hydrogen (secondary N) is 1. The van der Waals surface area contributed by atoms with Gasteiger partial charge in [0.05, 0.1) is 6.42 Å². The van der Waals surface area contributed by atoms with Crippen LogP contribution >= 0.6 is 0 Å². The molecule has 1 amide bonds. The first-order valence-corrected chi connectivity index (χ1v) is 7.79. The Bertz CT molecular complexity index is 419. The Labute approximate surface area is 121 Å². The van der Waals surface area contributed by atoms with Gasteiger partial charge in [-0.3, -0.25) is 4.79 Å². The van der Waals surface area contributed by atoms with Crippen LogP contribution in [0.5, 0.6) is 0 Å². The Kier molecular flexibility index (Phi) is 5.45. The molecule has 1 atom stereocenters. The van der Waals surface area contributed by atoms with Crippen molar-refractivity contribution in [2.75, 3.05) is 5.73 Å². The highest BCUT2D eigenvalue weighted by molar-refractivity contribution is 5.78. The second-order valence-electron chi connectivity index (χ2n) is 6.03. The molecule has 3 nitrogen and oxygen atoms in total. The summed E-state index contributed by atoms with van der Waals surface area (Å²) in [5.74, 6) is 0.763. The lowest BCUT2D eigenvalue weighted by Crippen LogP contribution is -2.38. The molecule has 2 rings (SSSR count). The zero-order valence-corrected chi connectivity index (χ0v) is 12.4. The quantitative estimate of drug-likeness (QED) is 0.654. The van der Waals surface area contributed by atoms with E-state index in [1.165, 1.54) is 38.5 Å². The molecule has 20 heavy (non-hydrogen) atoms. The predicted octanol–water partition coefficient (Wildman–Crippen LogP) is 3.29. The average molecular weight is 274 g/mol. The molecule has 0 saturated heterocycles. The third-order valence-electron chi connectivity index (χ3n) is 4.34. The van der Waals surface area contributed by atoms with Gasteiger partial charge in [-0.15, -0.1) is 0 Å². The van der Waals surface area contributed by atoms with Gasteiger partial charge >= 0.3 is 0 Å². The normalized spacial score (nSPS) is 18.2. The average Bonchev–Trinajstić information content (AvgIpc) is 2.70. The van der Waals surface area contributed by atoms with Crippen LogP contribution in [-0.2, 0) is 11.2 Å². The summed E-state index contributed by atoms with van der Waals surface area (Å²) in [7, 11) is 0. The van der Waals surface area contributed by atoms with Crippen LogP contribution in [0.3, 0.4) is 0 Å². The molecule has 1 aliphatic carbocycles. The summed E-state index contributed by atoms with van der Waals surface area (Å²) >= 11 is 0. The maximum Gasteiger partial charge on any atom is 0.224 e. The molecule has 0 heterocycles. The summed E-state index contributed by atoms with van der Waals surface area (Å²) in [4.78, 5) is 12.1. The molecule has 0 aliphatic heterocycles. The van der Waals surface area contributed by atoms with Crippen LogP contribution in [0.25, 0.3) is 0 Å². The Morgan fingerprint density at radius 2 is 1.80 bits per heavy atom. The first-order chi connectivity index (χ1) is 9.65. The molecule has 0 aromatic heterocycles. The van der Waals surface area contributed by atoms with Crippen molar-refractivity contribution in [3.8, 4) is 0 Å². The summed E-state index contributed by atoms with van der Waals surface area (Å²) in [6.07, 6.45) is 8.26. The molecule has 110 valence electrons. The Hall–Kier alpha value is -1.51. The van der Waals surface area contributed by atoms with Gasteiger partial charge in [0.15, 0.2) is 0 Å². The van der Waals surface area contributed by atoms with Crippen molar-refractivity contribution in [2.24, 2.45) is 5.92 Å². The number of carbonyl (C=O) groups excluding carboxylic acids is 1. The second-order valence-corrected chi connectivity index (χ2v) is 6.03. The van der Waals surface area contributed by atoms with Crippen LogP contribution in [-0.4, -0.2) is 11.9 Å². The molecule has 1 aromatic rings. The fraction of sp³-hybridized carbons (Fsp3) is 0.588. The minimum Gasteiger partial charge on any atom is -0.399 e. The standard InChI is InChI=1S/C17H26N2O/c1-13(15-6-4-2-3-5-7-15)19-17(20)12-14-8-10-16(18)11-9-14/h8-11,13,15H,2-7,12,18H2,1H3,(H,19,20)/t13-/m0/s1. The Morgan fingerprint density at radius 3 is 2.40 bits per heavy atom. The Balaban J connectivity index is 1.82. The van der Waals surface area contributed by atoms with Gasteiger partial charge < -0.3 is 11.1 Å². The van der Waals surface area contributed by atoms with Crippen molar-refractivity contribution >= 4 is 11.6 Å². The third kappa shape index (κ3) is 4.55. The topological polar surface area (TPSA) is 55.1 Å². The Morgan fingerprint density at radius 1 is 1.20 bits per heavy atom. The van der Waals surface area contributed by atoms with E-state index in [-0.39, 0.29) is 11.9 Å². The molecule has 1 aromatic carbocycles. The van der Waals surface area contributed by atoms with Crippen LogP contribution in [0.2, 0.25) is 0 Å². The van der Waals surface area contributed by atoms with E-state index in [0.717, 1.165) is 11.3 Å². The molecule has 3 N–H and O–H groups in total. The van der Waals surface area contributed by atoms with Gasteiger partial charge in [0.2, 0.25) is 5.91 Å². The van der Waals surface area contributed by atoms with Gasteiger partial charge in [-0.05, 0) is 43.4 Å². The van der Waals surface area contributed by atoms with E-state index in [9.17, 15) is 4.79 Å². The fourth-order valence-electron chi connectivity index (χ4n) is 3.05. The number of anilines is 1. The van der Waals surface area contributed by atoms with E-state index in [4.69, 9.17) is 5.73 Å². The number of carbonyl (C=O) groups is 1. The van der Waals surface area contributed by atoms with Gasteiger partial charge in [0, 0.05) is 11.7 Å². The maximum absolute atomic E-state index is 12.1. The summed E-state index contributed by atoms with van der Waals surface area (Å²) in [6, 6.07) is 7.82. The third-order valence-corrected chi connectivity index (χ3v) is 4.34. The van der Waals surface area contributed by atoms with Crippen molar-refractivity contribution in [3.63, 3.8) is 0 Å². The molecule has 1 fully saturated rings. The van der Waals surface area contributed by atoms with Gasteiger partial charge in [-0.2, -0.15) is 0 Å². The summed E-state index contributed by atoms with van der Waals surface area (Å²) < 4.78 is 0. The van der Waals surface area contributed by atoms with Crippen molar-refractivity contribution in [1.82, 2.24) is 5.32 Å². The van der Waals surface area contributed by atoms with Gasteiger partial charge in [-0.1, -0.05) is 37.8 Å². The lowest BCUT2D eigenvalue weighted by Gasteiger charge is -2.23. The largest absolute Gasteiger partial charge is 0.399 e. The lowest BCUT2D eigenvalue weighted by molar-refractivity contribution is -0.121. The number of benzene rings is 1. The fourth-order valence-corrected chi connectivity index (χ4v) is 3.05. The minimum absolute atomic E-state index is 0.117. The molecule has 3 heteroatoms. The number of amides is 1. The van der Waals surface area contributed by atoms with Gasteiger partial charge in [0.25, 0.3) is 0 Å². The molecule has 0 unspecified atom stereocenters. The van der Waals surface area contributed by atoms with Crippen molar-refractivity contribution in [2.45, 2.75) is 57.9 Å². The lowest BCUT2D eigenvalue weighted by atomic mass is 9.93. The van der Waals surface area contributed by atoms with E-state index in [1.807, 2.05) is 24.3 Å². The van der Waals surface area contributed by atoms with Crippen LogP contribution in [0.1, 0.15) is 51.0 Å². The summed E-state index contributed by atoms with van der Waals surface area (Å²) in [6.45, 7) is 2.15. The maximum atomic E-state index is 12.1. The number of nitrogens with two attached hydrogens (primary N) is 1. The second kappa shape index (κ2) is 7.32. The molecular formula is C17H26N2O. The van der Waals surface area contributed by atoms with Crippen LogP contribution in [0.15, 0.2) is 24.3 Å². The number of hydrogen-bond acceptors (Lipinski definition) is 2. The highest BCUT2D eigenvalue weighted by Crippen LogP contribution is 2.25. The van der Waals surface area contributed by atoms with Crippen molar-refractivity contribution < 1.29 is 4.79 Å². The van der Waals surface area contributed by atoms with Crippen LogP contribution < -0.4 is 11.1 Å². The van der Waals surface area contributed by atoms with E-state index in [1.54, 1.807) is 0 Å². The highest BCUT2D eigenvalue weighted by atomic mass is 16.1. The molecule has 0 bridgehead atoms. The van der Waals surface area contributed by atoms with Crippen molar-refractivity contribution in [3.05, 3.63) is 29.8 Å². The van der Waals surface area contributed by atoms with Crippen molar-refractivity contribution in [1.29, 1.82) is 0 Å². The van der Waals surface area contributed by atoms with Crippen LogP contribution in [0, 0.1) is 5.92 Å². The number of hydrogen-bond donors (Lipinski definition) is 2. The molecule has 1 saturated carbocycles. The molecule has 0 radical (unpaired) electrons. The number of rotatable bonds is 4. The molecule has 1 aliphatic rings. The first-order valence-electron chi connectivity index (χ1n) is 7.79. The van der Waals surface area contributed by atoms with Crippen LogP contribution in [0.4, 0.5) is 5.69 Å². The number of nitrogen functional groups attached to an aromatic ring is 1. The van der Waals surface area contributed by atoms with E-state index in [2.05, 4.69) is 12.2 Å². The first kappa shape index (κ1) is 14.9. The van der Waals surface area contributed by atoms with Gasteiger partial charge in [-0.25, -0.2) is 0 Å².